The highest BCUT2D eigenvalue weighted by Crippen LogP contribution is 2.30. The van der Waals surface area contributed by atoms with E-state index in [1.165, 1.54) is 42.6 Å². The summed E-state index contributed by atoms with van der Waals surface area (Å²) in [5, 5.41) is 4.60. The number of carbonyl (C=O) groups is 1. The highest BCUT2D eigenvalue weighted by Gasteiger charge is 2.30. The van der Waals surface area contributed by atoms with Crippen LogP contribution in [0.4, 0.5) is 28.0 Å². The summed E-state index contributed by atoms with van der Waals surface area (Å²) in [7, 11) is 0. The Morgan fingerprint density at radius 1 is 1.04 bits per heavy atom. The van der Waals surface area contributed by atoms with Crippen molar-refractivity contribution in [3.05, 3.63) is 71.7 Å². The maximum atomic E-state index is 12.9. The molecule has 0 radical (unpaired) electrons. The Morgan fingerprint density at radius 3 is 2.48 bits per heavy atom. The molecule has 2 aromatic carbocycles. The second-order valence-corrected chi connectivity index (χ2v) is 4.57. The number of nitrogens with one attached hydrogen (secondary N) is 2. The molecule has 0 fully saturated rings. The van der Waals surface area contributed by atoms with Crippen LogP contribution in [-0.2, 0) is 6.18 Å². The molecule has 0 aromatic heterocycles. The Kier molecular flexibility index (Phi) is 5.00. The van der Waals surface area contributed by atoms with Gasteiger partial charge < -0.3 is 10.6 Å². The minimum Gasteiger partial charge on any atom is -0.314 e. The van der Waals surface area contributed by atoms with E-state index in [2.05, 4.69) is 10.6 Å². The van der Waals surface area contributed by atoms with Crippen LogP contribution in [0.25, 0.3) is 6.08 Å². The molecule has 3 nitrogen and oxygen atoms in total. The van der Waals surface area contributed by atoms with Crippen molar-refractivity contribution in [2.75, 3.05) is 5.32 Å². The Hall–Kier alpha value is -2.83. The number of amides is 2. The molecule has 0 atom stereocenters. The van der Waals surface area contributed by atoms with Crippen molar-refractivity contribution < 1.29 is 22.4 Å². The van der Waals surface area contributed by atoms with Gasteiger partial charge in [0.15, 0.2) is 0 Å². The maximum Gasteiger partial charge on any atom is 0.416 e. The summed E-state index contributed by atoms with van der Waals surface area (Å²) >= 11 is 0. The highest BCUT2D eigenvalue weighted by molar-refractivity contribution is 5.90. The number of benzene rings is 2. The van der Waals surface area contributed by atoms with Gasteiger partial charge in [-0.2, -0.15) is 13.2 Å². The molecule has 7 heteroatoms. The number of anilines is 1. The smallest absolute Gasteiger partial charge is 0.314 e. The van der Waals surface area contributed by atoms with E-state index in [0.29, 0.717) is 5.56 Å². The number of alkyl halides is 3. The van der Waals surface area contributed by atoms with Gasteiger partial charge in [-0.25, -0.2) is 9.18 Å². The summed E-state index contributed by atoms with van der Waals surface area (Å²) in [6.07, 6.45) is -1.77. The zero-order valence-corrected chi connectivity index (χ0v) is 11.7. The topological polar surface area (TPSA) is 41.1 Å². The van der Waals surface area contributed by atoms with Crippen molar-refractivity contribution in [1.29, 1.82) is 0 Å². The predicted molar refractivity (Wildman–Crippen MR) is 79.0 cm³/mol. The first-order valence-electron chi connectivity index (χ1n) is 6.51. The number of hydrogen-bond donors (Lipinski definition) is 2. The highest BCUT2D eigenvalue weighted by atomic mass is 19.4. The van der Waals surface area contributed by atoms with Crippen LogP contribution < -0.4 is 10.6 Å². The van der Waals surface area contributed by atoms with E-state index in [-0.39, 0.29) is 5.69 Å². The lowest BCUT2D eigenvalue weighted by molar-refractivity contribution is -0.137. The fraction of sp³-hybridized carbons (Fsp3) is 0.0625. The standard InChI is InChI=1S/C16H12F4N2O/c17-13-5-1-3-11(9-13)7-8-21-15(23)22-14-6-2-4-12(10-14)16(18,19)20/h1-10H,(H2,21,22,23)/b8-7+. The monoisotopic (exact) mass is 324 g/mol. The van der Waals surface area contributed by atoms with Crippen LogP contribution in [-0.4, -0.2) is 6.03 Å². The van der Waals surface area contributed by atoms with Gasteiger partial charge >= 0.3 is 12.2 Å². The number of rotatable bonds is 3. The number of carbonyl (C=O) groups excluding carboxylic acids is 1. The van der Waals surface area contributed by atoms with Gasteiger partial charge in [0, 0.05) is 11.9 Å². The molecule has 0 aliphatic carbocycles. The third-order valence-corrected chi connectivity index (χ3v) is 2.79. The molecule has 0 unspecified atom stereocenters. The minimum atomic E-state index is -4.48. The van der Waals surface area contributed by atoms with Gasteiger partial charge in [-0.05, 0) is 42.0 Å². The Balaban J connectivity index is 1.95. The van der Waals surface area contributed by atoms with E-state index < -0.39 is 23.6 Å². The first-order chi connectivity index (χ1) is 10.8. The van der Waals surface area contributed by atoms with E-state index >= 15 is 0 Å². The summed E-state index contributed by atoms with van der Waals surface area (Å²) in [5.41, 5.74) is -0.313. The van der Waals surface area contributed by atoms with Crippen molar-refractivity contribution in [3.63, 3.8) is 0 Å². The van der Waals surface area contributed by atoms with Crippen LogP contribution >= 0.6 is 0 Å². The maximum absolute atomic E-state index is 12.9. The van der Waals surface area contributed by atoms with Crippen molar-refractivity contribution in [1.82, 2.24) is 5.32 Å². The molecule has 0 aliphatic rings. The molecule has 2 aromatic rings. The second kappa shape index (κ2) is 6.95. The first kappa shape index (κ1) is 16.5. The van der Waals surface area contributed by atoms with Gasteiger partial charge in [-0.3, -0.25) is 0 Å². The Morgan fingerprint density at radius 2 is 1.78 bits per heavy atom. The van der Waals surface area contributed by atoms with Gasteiger partial charge in [0.1, 0.15) is 5.82 Å². The molecular formula is C16H12F4N2O. The molecular weight excluding hydrogens is 312 g/mol. The van der Waals surface area contributed by atoms with Crippen LogP contribution in [0.3, 0.4) is 0 Å². The third-order valence-electron chi connectivity index (χ3n) is 2.79. The van der Waals surface area contributed by atoms with Gasteiger partial charge in [-0.1, -0.05) is 18.2 Å². The summed E-state index contributed by atoms with van der Waals surface area (Å²) in [4.78, 5) is 11.6. The average molecular weight is 324 g/mol. The van der Waals surface area contributed by atoms with E-state index in [1.54, 1.807) is 6.07 Å². The molecule has 0 saturated heterocycles. The molecule has 0 spiro atoms. The number of halogens is 4. The predicted octanol–water partition coefficient (Wildman–Crippen LogP) is 4.64. The molecule has 120 valence electrons. The van der Waals surface area contributed by atoms with E-state index in [9.17, 15) is 22.4 Å². The molecule has 23 heavy (non-hydrogen) atoms. The fourth-order valence-corrected chi connectivity index (χ4v) is 1.76. The summed E-state index contributed by atoms with van der Waals surface area (Å²) < 4.78 is 50.6. The van der Waals surface area contributed by atoms with E-state index in [4.69, 9.17) is 0 Å². The lowest BCUT2D eigenvalue weighted by Crippen LogP contribution is -2.23. The lowest BCUT2D eigenvalue weighted by atomic mass is 10.2. The SMILES string of the molecule is O=C(N/C=C/c1cccc(F)c1)Nc1cccc(C(F)(F)F)c1. The molecule has 0 heterocycles. The van der Waals surface area contributed by atoms with Crippen LogP contribution in [0.5, 0.6) is 0 Å². The fourth-order valence-electron chi connectivity index (χ4n) is 1.76. The average Bonchev–Trinajstić information content (AvgIpc) is 2.46. The van der Waals surface area contributed by atoms with Gasteiger partial charge in [-0.15, -0.1) is 0 Å². The lowest BCUT2D eigenvalue weighted by Gasteiger charge is -2.09. The quantitative estimate of drug-likeness (QED) is 0.794. The van der Waals surface area contributed by atoms with Crippen LogP contribution in [0.15, 0.2) is 54.7 Å². The summed E-state index contributed by atoms with van der Waals surface area (Å²) in [6, 6.07) is 9.25. The van der Waals surface area contributed by atoms with Crippen LogP contribution in [0.2, 0.25) is 0 Å². The summed E-state index contributed by atoms with van der Waals surface area (Å²) in [5.74, 6) is -0.416. The van der Waals surface area contributed by atoms with Crippen molar-refractivity contribution >= 4 is 17.8 Å². The van der Waals surface area contributed by atoms with Crippen LogP contribution in [0, 0.1) is 5.82 Å². The second-order valence-electron chi connectivity index (χ2n) is 4.57. The number of urea groups is 1. The van der Waals surface area contributed by atoms with Crippen LogP contribution in [0.1, 0.15) is 11.1 Å². The molecule has 2 N–H and O–H groups in total. The minimum absolute atomic E-state index is 0.0106. The molecule has 2 rings (SSSR count). The van der Waals surface area contributed by atoms with Crippen molar-refractivity contribution in [2.45, 2.75) is 6.18 Å². The Labute approximate surface area is 129 Å². The zero-order chi connectivity index (χ0) is 16.9. The summed E-state index contributed by atoms with van der Waals surface area (Å²) in [6.45, 7) is 0. The van der Waals surface area contributed by atoms with E-state index in [1.807, 2.05) is 0 Å². The van der Waals surface area contributed by atoms with Crippen molar-refractivity contribution in [3.8, 4) is 0 Å². The van der Waals surface area contributed by atoms with Gasteiger partial charge in [0.25, 0.3) is 0 Å². The van der Waals surface area contributed by atoms with Gasteiger partial charge in [0.2, 0.25) is 0 Å². The Bertz CT molecular complexity index is 726. The largest absolute Gasteiger partial charge is 0.416 e. The zero-order valence-electron chi connectivity index (χ0n) is 11.7. The van der Waals surface area contributed by atoms with E-state index in [0.717, 1.165) is 12.1 Å². The first-order valence-corrected chi connectivity index (χ1v) is 6.51. The normalized spacial score (nSPS) is 11.5. The third kappa shape index (κ3) is 5.14. The molecule has 0 bridgehead atoms. The molecule has 0 saturated carbocycles. The molecule has 2 amide bonds. The number of hydrogen-bond acceptors (Lipinski definition) is 1. The molecule has 0 aliphatic heterocycles. The van der Waals surface area contributed by atoms with Gasteiger partial charge in [0.05, 0.1) is 5.56 Å². The van der Waals surface area contributed by atoms with Crippen molar-refractivity contribution in [2.24, 2.45) is 0 Å².